The van der Waals surface area contributed by atoms with Gasteiger partial charge >= 0.3 is 0 Å². The molecule has 0 heterocycles. The van der Waals surface area contributed by atoms with Crippen LogP contribution in [0.15, 0.2) is 47.4 Å². The van der Waals surface area contributed by atoms with Crippen LogP contribution in [0.5, 0.6) is 11.5 Å². The van der Waals surface area contributed by atoms with Gasteiger partial charge in [0.2, 0.25) is 15.9 Å². The predicted octanol–water partition coefficient (Wildman–Crippen LogP) is 3.65. The number of rotatable bonds is 9. The summed E-state index contributed by atoms with van der Waals surface area (Å²) in [4.78, 5) is 12.9. The number of aryl methyl sites for hydroxylation is 1. The van der Waals surface area contributed by atoms with Crippen LogP contribution < -0.4 is 14.8 Å². The van der Waals surface area contributed by atoms with E-state index < -0.39 is 10.0 Å². The Morgan fingerprint density at radius 1 is 1.00 bits per heavy atom. The van der Waals surface area contributed by atoms with E-state index in [0.29, 0.717) is 18.0 Å². The lowest BCUT2D eigenvalue weighted by Crippen LogP contribution is -2.46. The molecule has 3 rings (SSSR count). The zero-order valence-corrected chi connectivity index (χ0v) is 19.8. The molecule has 1 N–H and O–H groups in total. The van der Waals surface area contributed by atoms with Gasteiger partial charge in [0.25, 0.3) is 0 Å². The van der Waals surface area contributed by atoms with Crippen molar-refractivity contribution in [1.29, 1.82) is 0 Å². The molecule has 0 radical (unpaired) electrons. The average Bonchev–Trinajstić information content (AvgIpc) is 2.82. The molecular weight excluding hydrogens is 428 g/mol. The number of sulfonamides is 1. The maximum Gasteiger partial charge on any atom is 0.243 e. The molecule has 0 unspecified atom stereocenters. The van der Waals surface area contributed by atoms with Gasteiger partial charge in [0.15, 0.2) is 11.5 Å². The molecule has 1 saturated carbocycles. The molecule has 0 atom stereocenters. The van der Waals surface area contributed by atoms with E-state index in [2.05, 4.69) is 5.32 Å². The van der Waals surface area contributed by atoms with Crippen LogP contribution in [0.2, 0.25) is 0 Å². The maximum atomic E-state index is 13.6. The van der Waals surface area contributed by atoms with Crippen molar-refractivity contribution in [3.63, 3.8) is 0 Å². The summed E-state index contributed by atoms with van der Waals surface area (Å²) < 4.78 is 39.1. The monoisotopic (exact) mass is 460 g/mol. The number of hydrogen-bond donors (Lipinski definition) is 1. The fourth-order valence-corrected chi connectivity index (χ4v) is 5.65. The summed E-state index contributed by atoms with van der Waals surface area (Å²) >= 11 is 0. The first-order chi connectivity index (χ1) is 15.3. The molecule has 32 heavy (non-hydrogen) atoms. The fraction of sp³-hybridized carbons (Fsp3) is 0.458. The highest BCUT2D eigenvalue weighted by atomic mass is 32.2. The number of nitrogens with one attached hydrogen (secondary N) is 1. The molecule has 0 spiro atoms. The maximum absolute atomic E-state index is 13.6. The predicted molar refractivity (Wildman–Crippen MR) is 123 cm³/mol. The minimum absolute atomic E-state index is 0.0899. The molecule has 0 aromatic heterocycles. The number of amides is 1. The van der Waals surface area contributed by atoms with Crippen LogP contribution in [0.3, 0.4) is 0 Å². The van der Waals surface area contributed by atoms with E-state index in [1.54, 1.807) is 6.07 Å². The van der Waals surface area contributed by atoms with Crippen LogP contribution >= 0.6 is 0 Å². The second-order valence-corrected chi connectivity index (χ2v) is 10.0. The SMILES string of the molecule is COc1ccc(S(=O)(=O)N(CC(=O)NCc2ccc(C)cc2)C2CCCCC2)cc1OC. The minimum Gasteiger partial charge on any atom is -0.493 e. The Balaban J connectivity index is 1.81. The number of nitrogens with zero attached hydrogens (tertiary/aromatic N) is 1. The van der Waals surface area contributed by atoms with Gasteiger partial charge in [-0.2, -0.15) is 4.31 Å². The van der Waals surface area contributed by atoms with E-state index in [1.807, 2.05) is 31.2 Å². The van der Waals surface area contributed by atoms with Gasteiger partial charge in [-0.15, -0.1) is 0 Å². The van der Waals surface area contributed by atoms with E-state index in [1.165, 1.54) is 30.7 Å². The summed E-state index contributed by atoms with van der Waals surface area (Å²) in [6, 6.07) is 12.2. The summed E-state index contributed by atoms with van der Waals surface area (Å²) in [5.41, 5.74) is 2.11. The Kier molecular flexibility index (Phi) is 8.15. The van der Waals surface area contributed by atoms with E-state index >= 15 is 0 Å². The number of benzene rings is 2. The van der Waals surface area contributed by atoms with Crippen molar-refractivity contribution in [2.45, 2.75) is 56.5 Å². The highest BCUT2D eigenvalue weighted by Gasteiger charge is 2.34. The van der Waals surface area contributed by atoms with Gasteiger partial charge in [-0.1, -0.05) is 49.1 Å². The van der Waals surface area contributed by atoms with E-state index in [4.69, 9.17) is 9.47 Å². The van der Waals surface area contributed by atoms with Crippen molar-refractivity contribution >= 4 is 15.9 Å². The zero-order chi connectivity index (χ0) is 23.1. The number of hydrogen-bond acceptors (Lipinski definition) is 5. The average molecular weight is 461 g/mol. The first kappa shape index (κ1) is 24.1. The molecule has 2 aromatic carbocycles. The molecule has 1 aliphatic carbocycles. The lowest BCUT2D eigenvalue weighted by molar-refractivity contribution is -0.121. The highest BCUT2D eigenvalue weighted by molar-refractivity contribution is 7.89. The Hall–Kier alpha value is -2.58. The molecule has 0 aliphatic heterocycles. The smallest absolute Gasteiger partial charge is 0.243 e. The fourth-order valence-electron chi connectivity index (χ4n) is 4.00. The standard InChI is InChI=1S/C24H32N2O5S/c1-18-9-11-19(12-10-18)16-25-24(27)17-26(20-7-5-4-6-8-20)32(28,29)21-13-14-22(30-2)23(15-21)31-3/h9-15,20H,4-8,16-17H2,1-3H3,(H,25,27). The Labute approximate surface area is 190 Å². The van der Waals surface area contributed by atoms with Crippen molar-refractivity contribution in [3.05, 3.63) is 53.6 Å². The summed E-state index contributed by atoms with van der Waals surface area (Å²) in [7, 11) is -0.942. The van der Waals surface area contributed by atoms with Gasteiger partial charge in [0, 0.05) is 18.7 Å². The van der Waals surface area contributed by atoms with Crippen LogP contribution in [0.4, 0.5) is 0 Å². The summed E-state index contributed by atoms with van der Waals surface area (Å²) in [5.74, 6) is 0.465. The van der Waals surface area contributed by atoms with E-state index in [0.717, 1.165) is 43.2 Å². The Bertz CT molecular complexity index is 1020. The highest BCUT2D eigenvalue weighted by Crippen LogP contribution is 2.33. The molecule has 1 fully saturated rings. The molecule has 8 heteroatoms. The van der Waals surface area contributed by atoms with Crippen molar-refractivity contribution in [1.82, 2.24) is 9.62 Å². The van der Waals surface area contributed by atoms with Crippen LogP contribution in [0.25, 0.3) is 0 Å². The summed E-state index contributed by atoms with van der Waals surface area (Å²) in [5, 5.41) is 2.86. The van der Waals surface area contributed by atoms with Crippen LogP contribution in [-0.4, -0.2) is 45.4 Å². The van der Waals surface area contributed by atoms with Gasteiger partial charge in [-0.25, -0.2) is 8.42 Å². The topological polar surface area (TPSA) is 84.9 Å². The molecule has 2 aromatic rings. The second kappa shape index (κ2) is 10.8. The number of ether oxygens (including phenoxy) is 2. The molecule has 0 saturated heterocycles. The third-order valence-electron chi connectivity index (χ3n) is 5.85. The Morgan fingerprint density at radius 3 is 2.28 bits per heavy atom. The van der Waals surface area contributed by atoms with E-state index in [-0.39, 0.29) is 23.4 Å². The first-order valence-electron chi connectivity index (χ1n) is 10.9. The second-order valence-electron chi connectivity index (χ2n) is 8.12. The third-order valence-corrected chi connectivity index (χ3v) is 7.75. The lowest BCUT2D eigenvalue weighted by atomic mass is 9.95. The van der Waals surface area contributed by atoms with Crippen molar-refractivity contribution in [2.75, 3.05) is 20.8 Å². The number of methoxy groups -OCH3 is 2. The number of carbonyl (C=O) groups excluding carboxylic acids is 1. The van der Waals surface area contributed by atoms with Crippen molar-refractivity contribution in [2.24, 2.45) is 0 Å². The van der Waals surface area contributed by atoms with Crippen LogP contribution in [-0.2, 0) is 21.4 Å². The first-order valence-corrected chi connectivity index (χ1v) is 12.3. The molecule has 1 aliphatic rings. The molecule has 1 amide bonds. The number of carbonyl (C=O) groups is 1. The minimum atomic E-state index is -3.90. The molecular formula is C24H32N2O5S. The quantitative estimate of drug-likeness (QED) is 0.617. The molecule has 7 nitrogen and oxygen atoms in total. The normalized spacial score (nSPS) is 14.9. The lowest BCUT2D eigenvalue weighted by Gasteiger charge is -2.33. The van der Waals surface area contributed by atoms with Gasteiger partial charge in [0.1, 0.15) is 0 Å². The summed E-state index contributed by atoms with van der Waals surface area (Å²) in [6.45, 7) is 2.14. The van der Waals surface area contributed by atoms with E-state index in [9.17, 15) is 13.2 Å². The third kappa shape index (κ3) is 5.81. The zero-order valence-electron chi connectivity index (χ0n) is 19.0. The van der Waals surface area contributed by atoms with Crippen LogP contribution in [0.1, 0.15) is 43.2 Å². The summed E-state index contributed by atoms with van der Waals surface area (Å²) in [6.07, 6.45) is 4.48. The molecule has 0 bridgehead atoms. The van der Waals surface area contributed by atoms with Crippen molar-refractivity contribution in [3.8, 4) is 11.5 Å². The van der Waals surface area contributed by atoms with Gasteiger partial charge < -0.3 is 14.8 Å². The largest absolute Gasteiger partial charge is 0.493 e. The van der Waals surface area contributed by atoms with Gasteiger partial charge in [0.05, 0.1) is 25.7 Å². The van der Waals surface area contributed by atoms with Crippen molar-refractivity contribution < 1.29 is 22.7 Å². The van der Waals surface area contributed by atoms with Gasteiger partial charge in [-0.3, -0.25) is 4.79 Å². The Morgan fingerprint density at radius 2 is 1.66 bits per heavy atom. The van der Waals surface area contributed by atoms with Crippen LogP contribution in [0, 0.1) is 6.92 Å². The van der Waals surface area contributed by atoms with Gasteiger partial charge in [-0.05, 0) is 37.5 Å². The molecule has 174 valence electrons.